The molecule has 3 N–H and O–H groups in total. The maximum atomic E-state index is 13.7. The van der Waals surface area contributed by atoms with Crippen LogP contribution in [0.25, 0.3) is 6.08 Å². The van der Waals surface area contributed by atoms with E-state index in [1.54, 1.807) is 56.1 Å². The van der Waals surface area contributed by atoms with Gasteiger partial charge in [0.1, 0.15) is 23.3 Å². The van der Waals surface area contributed by atoms with E-state index in [4.69, 9.17) is 5.73 Å². The molecule has 1 fully saturated rings. The van der Waals surface area contributed by atoms with Crippen LogP contribution in [0.2, 0.25) is 0 Å². The Kier molecular flexibility index (Phi) is 6.70. The summed E-state index contributed by atoms with van der Waals surface area (Å²) < 4.78 is 27.1. The van der Waals surface area contributed by atoms with Crippen molar-refractivity contribution in [3.63, 3.8) is 0 Å². The van der Waals surface area contributed by atoms with Crippen LogP contribution in [0, 0.1) is 11.6 Å². The molecule has 8 heteroatoms. The highest BCUT2D eigenvalue weighted by atomic mass is 19.1. The average Bonchev–Trinajstić information content (AvgIpc) is 2.73. The van der Waals surface area contributed by atoms with Crippen LogP contribution >= 0.6 is 0 Å². The molecule has 1 amide bonds. The van der Waals surface area contributed by atoms with Gasteiger partial charge in [-0.1, -0.05) is 12.1 Å². The zero-order valence-corrected chi connectivity index (χ0v) is 17.9. The molecule has 0 radical (unpaired) electrons. The van der Waals surface area contributed by atoms with Crippen molar-refractivity contribution in [2.45, 2.75) is 19.4 Å². The smallest absolute Gasteiger partial charge is 0.242 e. The van der Waals surface area contributed by atoms with Gasteiger partial charge in [-0.15, -0.1) is 0 Å². The number of benzene rings is 2. The van der Waals surface area contributed by atoms with Crippen molar-refractivity contribution >= 4 is 23.5 Å². The minimum Gasteiger partial charge on any atom is -0.342 e. The fourth-order valence-electron chi connectivity index (χ4n) is 3.33. The molecule has 0 saturated carbocycles. The van der Waals surface area contributed by atoms with Crippen LogP contribution in [0.15, 0.2) is 59.3 Å². The van der Waals surface area contributed by atoms with Gasteiger partial charge < -0.3 is 20.9 Å². The van der Waals surface area contributed by atoms with E-state index < -0.39 is 5.54 Å². The molecule has 0 aromatic heterocycles. The van der Waals surface area contributed by atoms with Crippen molar-refractivity contribution in [1.29, 1.82) is 0 Å². The number of nitrogens with one attached hydrogen (secondary N) is 1. The van der Waals surface area contributed by atoms with Gasteiger partial charge >= 0.3 is 0 Å². The lowest BCUT2D eigenvalue weighted by Crippen LogP contribution is -2.58. The second-order valence-corrected chi connectivity index (χ2v) is 7.96. The van der Waals surface area contributed by atoms with E-state index in [1.807, 2.05) is 4.90 Å². The Morgan fingerprint density at radius 3 is 2.45 bits per heavy atom. The molecule has 2 aromatic carbocycles. The molecule has 1 saturated heterocycles. The monoisotopic (exact) mass is 427 g/mol. The molecule has 31 heavy (non-hydrogen) atoms. The zero-order chi connectivity index (χ0) is 22.6. The van der Waals surface area contributed by atoms with Crippen LogP contribution in [0.3, 0.4) is 0 Å². The van der Waals surface area contributed by atoms with Gasteiger partial charge in [0.05, 0.1) is 12.1 Å². The first-order valence-corrected chi connectivity index (χ1v) is 9.98. The third-order valence-electron chi connectivity index (χ3n) is 4.89. The summed E-state index contributed by atoms with van der Waals surface area (Å²) in [5.74, 6) is 0.446. The SMILES string of the molecule is CN=C1CN(C(=O)C(C)(C)N)CCN1/C(=C/c1cccc(F)c1)Nc1ccc(F)cc1. The van der Waals surface area contributed by atoms with E-state index in [-0.39, 0.29) is 17.5 Å². The highest BCUT2D eigenvalue weighted by Gasteiger charge is 2.33. The fourth-order valence-corrected chi connectivity index (χ4v) is 3.33. The molecular weight excluding hydrogens is 400 g/mol. The number of hydrogen-bond donors (Lipinski definition) is 2. The van der Waals surface area contributed by atoms with Gasteiger partial charge in [-0.05, 0) is 61.9 Å². The first kappa shape index (κ1) is 22.4. The Hall–Kier alpha value is -3.26. The number of amides is 1. The van der Waals surface area contributed by atoms with Gasteiger partial charge in [-0.3, -0.25) is 9.79 Å². The number of halogens is 2. The third kappa shape index (κ3) is 5.67. The molecule has 1 heterocycles. The topological polar surface area (TPSA) is 74.0 Å². The van der Waals surface area contributed by atoms with Crippen molar-refractivity contribution < 1.29 is 13.6 Å². The molecular formula is C23H27F2N5O. The van der Waals surface area contributed by atoms with Crippen LogP contribution in [0.5, 0.6) is 0 Å². The number of nitrogens with zero attached hydrogens (tertiary/aromatic N) is 3. The minimum atomic E-state index is -0.979. The number of aliphatic imine (C=N–C) groups is 1. The number of carbonyl (C=O) groups is 1. The molecule has 2 aromatic rings. The Labute approximate surface area is 181 Å². The van der Waals surface area contributed by atoms with Crippen molar-refractivity contribution in [2.24, 2.45) is 10.7 Å². The Morgan fingerprint density at radius 2 is 1.84 bits per heavy atom. The summed E-state index contributed by atoms with van der Waals surface area (Å²) >= 11 is 0. The summed E-state index contributed by atoms with van der Waals surface area (Å²) in [4.78, 5) is 20.6. The predicted octanol–water partition coefficient (Wildman–Crippen LogP) is 3.29. The number of anilines is 1. The average molecular weight is 427 g/mol. The Morgan fingerprint density at radius 1 is 1.13 bits per heavy atom. The van der Waals surface area contributed by atoms with Crippen LogP contribution in [-0.2, 0) is 4.79 Å². The predicted molar refractivity (Wildman–Crippen MR) is 119 cm³/mol. The number of rotatable bonds is 5. The van der Waals surface area contributed by atoms with Crippen LogP contribution in [-0.4, -0.2) is 53.8 Å². The molecule has 0 atom stereocenters. The summed E-state index contributed by atoms with van der Waals surface area (Å²) in [5, 5.41) is 3.27. The number of piperazine rings is 1. The molecule has 1 aliphatic rings. The van der Waals surface area contributed by atoms with Crippen molar-refractivity contribution in [2.75, 3.05) is 32.0 Å². The van der Waals surface area contributed by atoms with E-state index >= 15 is 0 Å². The fraction of sp³-hybridized carbons (Fsp3) is 0.304. The third-order valence-corrected chi connectivity index (χ3v) is 4.89. The van der Waals surface area contributed by atoms with Gasteiger partial charge in [-0.25, -0.2) is 8.78 Å². The van der Waals surface area contributed by atoms with Gasteiger partial charge in [0, 0.05) is 25.8 Å². The van der Waals surface area contributed by atoms with Gasteiger partial charge in [-0.2, -0.15) is 0 Å². The van der Waals surface area contributed by atoms with E-state index in [9.17, 15) is 13.6 Å². The second kappa shape index (κ2) is 9.26. The maximum absolute atomic E-state index is 13.7. The van der Waals surface area contributed by atoms with Crippen LogP contribution < -0.4 is 11.1 Å². The molecule has 1 aliphatic heterocycles. The number of hydrogen-bond acceptors (Lipinski definition) is 4. The lowest BCUT2D eigenvalue weighted by atomic mass is 10.0. The van der Waals surface area contributed by atoms with E-state index in [1.165, 1.54) is 24.3 Å². The standard InChI is InChI=1S/C23H27F2N5O/c1-23(2,26)22(31)29-11-12-30(21(15-29)27-3)20(14-16-5-4-6-18(25)13-16)28-19-9-7-17(24)8-10-19/h4-10,13-14,28H,11-12,15,26H2,1-3H3/b20-14+,27-21?. The van der Waals surface area contributed by atoms with E-state index in [0.717, 1.165) is 0 Å². The summed E-state index contributed by atoms with van der Waals surface area (Å²) in [6, 6.07) is 12.2. The largest absolute Gasteiger partial charge is 0.342 e. The molecule has 6 nitrogen and oxygen atoms in total. The van der Waals surface area contributed by atoms with Crippen molar-refractivity contribution in [3.8, 4) is 0 Å². The summed E-state index contributed by atoms with van der Waals surface area (Å²) in [6.45, 7) is 4.56. The first-order valence-electron chi connectivity index (χ1n) is 9.98. The highest BCUT2D eigenvalue weighted by molar-refractivity contribution is 5.94. The van der Waals surface area contributed by atoms with Gasteiger partial charge in [0.15, 0.2) is 0 Å². The second-order valence-electron chi connectivity index (χ2n) is 7.96. The lowest BCUT2D eigenvalue weighted by molar-refractivity contribution is -0.135. The highest BCUT2D eigenvalue weighted by Crippen LogP contribution is 2.21. The maximum Gasteiger partial charge on any atom is 0.242 e. The summed E-state index contributed by atoms with van der Waals surface area (Å²) in [6.07, 6.45) is 1.79. The van der Waals surface area contributed by atoms with Crippen molar-refractivity contribution in [1.82, 2.24) is 9.80 Å². The number of amidine groups is 1. The van der Waals surface area contributed by atoms with E-state index in [0.29, 0.717) is 42.5 Å². The Bertz CT molecular complexity index is 996. The molecule has 0 aliphatic carbocycles. The molecule has 3 rings (SSSR count). The van der Waals surface area contributed by atoms with E-state index in [2.05, 4.69) is 10.3 Å². The minimum absolute atomic E-state index is 0.157. The molecule has 0 bridgehead atoms. The van der Waals surface area contributed by atoms with Crippen molar-refractivity contribution in [3.05, 3.63) is 71.5 Å². The Balaban J connectivity index is 1.93. The summed E-state index contributed by atoms with van der Waals surface area (Å²) in [5.41, 5.74) is 6.33. The van der Waals surface area contributed by atoms with Crippen LogP contribution in [0.4, 0.5) is 14.5 Å². The molecule has 0 unspecified atom stereocenters. The summed E-state index contributed by atoms with van der Waals surface area (Å²) in [7, 11) is 1.65. The first-order chi connectivity index (χ1) is 14.7. The lowest BCUT2D eigenvalue weighted by Gasteiger charge is -2.40. The normalized spacial score (nSPS) is 16.6. The van der Waals surface area contributed by atoms with Gasteiger partial charge in [0.25, 0.3) is 0 Å². The number of carbonyl (C=O) groups excluding carboxylic acids is 1. The quantitative estimate of drug-likeness (QED) is 0.768. The molecule has 0 spiro atoms. The van der Waals surface area contributed by atoms with Gasteiger partial charge in [0.2, 0.25) is 5.91 Å². The number of nitrogens with two attached hydrogens (primary N) is 1. The molecule has 164 valence electrons. The van der Waals surface area contributed by atoms with Crippen LogP contribution in [0.1, 0.15) is 19.4 Å². The zero-order valence-electron chi connectivity index (χ0n) is 17.9.